The lowest BCUT2D eigenvalue weighted by molar-refractivity contribution is -0.130. The van der Waals surface area contributed by atoms with Crippen LogP contribution in [0.1, 0.15) is 24.8 Å². The molecule has 1 N–H and O–H groups in total. The van der Waals surface area contributed by atoms with Gasteiger partial charge in [-0.15, -0.1) is 11.3 Å². The first-order chi connectivity index (χ1) is 14.5. The molecule has 0 spiro atoms. The van der Waals surface area contributed by atoms with Crippen LogP contribution in [0.25, 0.3) is 21.3 Å². The highest BCUT2D eigenvalue weighted by Gasteiger charge is 2.43. The topological polar surface area (TPSA) is 75.4 Å². The lowest BCUT2D eigenvalue weighted by Crippen LogP contribution is -2.32. The average Bonchev–Trinajstić information content (AvgIpc) is 3.44. The van der Waals surface area contributed by atoms with Crippen LogP contribution < -0.4 is 5.56 Å². The predicted octanol–water partition coefficient (Wildman–Crippen LogP) is 3.05. The molecule has 0 radical (unpaired) electrons. The molecule has 1 saturated heterocycles. The highest BCUT2D eigenvalue weighted by molar-refractivity contribution is 7.17. The second-order valence-electron chi connectivity index (χ2n) is 8.56. The minimum absolute atomic E-state index is 0.0488. The maximum Gasteiger partial charge on any atom is 0.262 e. The number of aromatic nitrogens is 2. The zero-order valence-electron chi connectivity index (χ0n) is 17.0. The van der Waals surface area contributed by atoms with Gasteiger partial charge in [0.15, 0.2) is 0 Å². The third-order valence-corrected chi connectivity index (χ3v) is 7.55. The Morgan fingerprint density at radius 2 is 2.03 bits per heavy atom. The Morgan fingerprint density at radius 1 is 1.23 bits per heavy atom. The van der Waals surface area contributed by atoms with Gasteiger partial charge in [0.25, 0.3) is 5.56 Å². The second kappa shape index (κ2) is 7.63. The molecule has 3 heterocycles. The molecule has 0 bridgehead atoms. The summed E-state index contributed by atoms with van der Waals surface area (Å²) in [6.07, 6.45) is 3.39. The fourth-order valence-corrected chi connectivity index (χ4v) is 5.79. The summed E-state index contributed by atoms with van der Waals surface area (Å²) in [4.78, 5) is 32.9. The summed E-state index contributed by atoms with van der Waals surface area (Å²) >= 11 is 1.47. The Bertz CT molecular complexity index is 1150. The highest BCUT2D eigenvalue weighted by Crippen LogP contribution is 2.38. The molecule has 2 aromatic heterocycles. The van der Waals surface area contributed by atoms with Crippen LogP contribution in [0.2, 0.25) is 0 Å². The molecular formula is C23H25N3O3S. The van der Waals surface area contributed by atoms with Gasteiger partial charge in [-0.2, -0.15) is 0 Å². The number of thiophene rings is 1. The average molecular weight is 424 g/mol. The first-order valence-electron chi connectivity index (χ1n) is 10.5. The molecule has 1 aliphatic heterocycles. The van der Waals surface area contributed by atoms with Crippen molar-refractivity contribution in [2.45, 2.75) is 38.8 Å². The zero-order valence-corrected chi connectivity index (χ0v) is 17.8. The molecule has 1 saturated carbocycles. The van der Waals surface area contributed by atoms with Crippen molar-refractivity contribution in [2.75, 3.05) is 13.1 Å². The van der Waals surface area contributed by atoms with Gasteiger partial charge in [0, 0.05) is 42.9 Å². The number of aliphatic hydroxyl groups excluding tert-OH is 1. The number of benzene rings is 1. The van der Waals surface area contributed by atoms with E-state index in [-0.39, 0.29) is 29.9 Å². The largest absolute Gasteiger partial charge is 0.393 e. The summed E-state index contributed by atoms with van der Waals surface area (Å²) in [5, 5.41) is 12.7. The second-order valence-corrected chi connectivity index (χ2v) is 9.41. The Hall–Kier alpha value is -2.51. The van der Waals surface area contributed by atoms with Crippen molar-refractivity contribution in [1.29, 1.82) is 0 Å². The van der Waals surface area contributed by atoms with Crippen molar-refractivity contribution >= 4 is 27.5 Å². The minimum Gasteiger partial charge on any atom is -0.393 e. The third-order valence-electron chi connectivity index (χ3n) is 6.66. The third kappa shape index (κ3) is 3.36. The van der Waals surface area contributed by atoms with Crippen LogP contribution in [0.15, 0.2) is 40.8 Å². The van der Waals surface area contributed by atoms with E-state index in [1.165, 1.54) is 16.9 Å². The van der Waals surface area contributed by atoms with Crippen LogP contribution in [0.3, 0.4) is 0 Å². The van der Waals surface area contributed by atoms with E-state index >= 15 is 0 Å². The molecule has 7 heteroatoms. The molecule has 2 aliphatic rings. The van der Waals surface area contributed by atoms with Crippen LogP contribution in [-0.4, -0.2) is 44.7 Å². The fourth-order valence-electron chi connectivity index (χ4n) is 4.89. The van der Waals surface area contributed by atoms with Gasteiger partial charge in [-0.05, 0) is 31.2 Å². The number of aryl methyl sites for hydroxylation is 2. The van der Waals surface area contributed by atoms with E-state index in [1.807, 2.05) is 41.5 Å². The summed E-state index contributed by atoms with van der Waals surface area (Å²) in [5.74, 6) is 0.692. The molecule has 3 aromatic rings. The maximum atomic E-state index is 13.2. The van der Waals surface area contributed by atoms with Gasteiger partial charge >= 0.3 is 0 Å². The van der Waals surface area contributed by atoms with E-state index in [2.05, 4.69) is 4.98 Å². The molecular weight excluding hydrogens is 398 g/mol. The van der Waals surface area contributed by atoms with Gasteiger partial charge in [0.05, 0.1) is 17.8 Å². The van der Waals surface area contributed by atoms with Crippen LogP contribution in [0.5, 0.6) is 0 Å². The lowest BCUT2D eigenvalue weighted by atomic mass is 10.00. The number of hydrogen-bond donors (Lipinski definition) is 1. The molecule has 6 nitrogen and oxygen atoms in total. The van der Waals surface area contributed by atoms with E-state index in [4.69, 9.17) is 0 Å². The van der Waals surface area contributed by atoms with E-state index in [0.717, 1.165) is 35.3 Å². The number of carbonyl (C=O) groups excluding carboxylic acids is 1. The van der Waals surface area contributed by atoms with Gasteiger partial charge in [0.1, 0.15) is 4.83 Å². The summed E-state index contributed by atoms with van der Waals surface area (Å²) in [5.41, 5.74) is 2.97. The molecule has 1 aliphatic carbocycles. The summed E-state index contributed by atoms with van der Waals surface area (Å²) in [7, 11) is 0. The van der Waals surface area contributed by atoms with Crippen LogP contribution >= 0.6 is 11.3 Å². The number of rotatable bonds is 4. The Morgan fingerprint density at radius 3 is 2.80 bits per heavy atom. The number of aliphatic hydroxyl groups is 1. The first kappa shape index (κ1) is 19.5. The first-order valence-corrected chi connectivity index (χ1v) is 11.4. The zero-order chi connectivity index (χ0) is 20.8. The maximum absolute atomic E-state index is 13.2. The fraction of sp³-hybridized carbons (Fsp3) is 0.435. The van der Waals surface area contributed by atoms with E-state index in [0.29, 0.717) is 24.4 Å². The predicted molar refractivity (Wildman–Crippen MR) is 117 cm³/mol. The van der Waals surface area contributed by atoms with Gasteiger partial charge in [0.2, 0.25) is 5.91 Å². The van der Waals surface area contributed by atoms with Crippen molar-refractivity contribution in [2.24, 2.45) is 11.8 Å². The Labute approximate surface area is 178 Å². The van der Waals surface area contributed by atoms with Crippen molar-refractivity contribution in [3.8, 4) is 11.1 Å². The molecule has 1 amide bonds. The standard InChI is InChI=1S/C23H25N3O3S/c1-14-2-4-15(5-3-14)18-12-30-22-21(18)23(29)25(13-24-22)9-8-20(28)26-10-16-6-7-19(27)17(16)11-26/h2-5,12-13,16-17,19,27H,6-11H2,1H3/t16-,17+,19-/m0/s1. The number of likely N-dealkylation sites (tertiary alicyclic amines) is 1. The number of carbonyl (C=O) groups is 1. The van der Waals surface area contributed by atoms with Gasteiger partial charge in [-0.1, -0.05) is 29.8 Å². The molecule has 3 atom stereocenters. The van der Waals surface area contributed by atoms with E-state index in [1.54, 1.807) is 10.9 Å². The Balaban J connectivity index is 1.34. The smallest absolute Gasteiger partial charge is 0.262 e. The molecule has 30 heavy (non-hydrogen) atoms. The van der Waals surface area contributed by atoms with Crippen LogP contribution in [-0.2, 0) is 11.3 Å². The highest BCUT2D eigenvalue weighted by atomic mass is 32.1. The molecule has 5 rings (SSSR count). The van der Waals surface area contributed by atoms with Crippen LogP contribution in [0.4, 0.5) is 0 Å². The monoisotopic (exact) mass is 423 g/mol. The summed E-state index contributed by atoms with van der Waals surface area (Å²) < 4.78 is 1.55. The van der Waals surface area contributed by atoms with E-state index in [9.17, 15) is 14.7 Å². The van der Waals surface area contributed by atoms with Gasteiger partial charge < -0.3 is 10.0 Å². The number of amides is 1. The molecule has 2 fully saturated rings. The van der Waals surface area contributed by atoms with Gasteiger partial charge in [-0.25, -0.2) is 4.98 Å². The SMILES string of the molecule is Cc1ccc(-c2csc3ncn(CCC(=O)N4C[C@@H]5CC[C@H](O)[C@@H]5C4)c(=O)c23)cc1. The summed E-state index contributed by atoms with van der Waals surface area (Å²) in [6, 6.07) is 8.12. The normalized spacial score (nSPS) is 23.3. The van der Waals surface area contributed by atoms with Crippen molar-refractivity contribution in [3.63, 3.8) is 0 Å². The molecule has 1 aromatic carbocycles. The lowest BCUT2D eigenvalue weighted by Gasteiger charge is -2.18. The quantitative estimate of drug-likeness (QED) is 0.700. The number of nitrogens with zero attached hydrogens (tertiary/aromatic N) is 3. The van der Waals surface area contributed by atoms with Crippen molar-refractivity contribution in [1.82, 2.24) is 14.5 Å². The Kier molecular flexibility index (Phi) is 4.95. The van der Waals surface area contributed by atoms with Crippen molar-refractivity contribution in [3.05, 3.63) is 51.9 Å². The summed E-state index contributed by atoms with van der Waals surface area (Å²) in [6.45, 7) is 3.72. The van der Waals surface area contributed by atoms with Crippen molar-refractivity contribution < 1.29 is 9.90 Å². The van der Waals surface area contributed by atoms with E-state index < -0.39 is 0 Å². The molecule has 0 unspecified atom stereocenters. The van der Waals surface area contributed by atoms with Crippen LogP contribution in [0, 0.1) is 18.8 Å². The number of fused-ring (bicyclic) bond motifs is 2. The minimum atomic E-state index is -0.277. The molecule has 156 valence electrons. The van der Waals surface area contributed by atoms with Gasteiger partial charge in [-0.3, -0.25) is 14.2 Å². The number of hydrogen-bond acceptors (Lipinski definition) is 5.